The normalized spacial score (nSPS) is 11.8. The molecule has 0 spiro atoms. The highest BCUT2D eigenvalue weighted by Crippen LogP contribution is 2.26. The van der Waals surface area contributed by atoms with Gasteiger partial charge in [-0.25, -0.2) is 0 Å². The van der Waals surface area contributed by atoms with Gasteiger partial charge in [-0.05, 0) is 32.1 Å². The van der Waals surface area contributed by atoms with Crippen LogP contribution in [0.2, 0.25) is 0 Å². The fourth-order valence-electron chi connectivity index (χ4n) is 1.08. The molecule has 14 heavy (non-hydrogen) atoms. The summed E-state index contributed by atoms with van der Waals surface area (Å²) in [7, 11) is 0. The maximum atomic E-state index is 9.40. The van der Waals surface area contributed by atoms with E-state index in [1.54, 1.807) is 13.8 Å². The highest BCUT2D eigenvalue weighted by molar-refractivity contribution is 5.11. The summed E-state index contributed by atoms with van der Waals surface area (Å²) in [6.07, 6.45) is 4.88. The molecule has 0 rings (SSSR count). The molecule has 0 saturated carbocycles. The second-order valence-corrected chi connectivity index (χ2v) is 5.03. The number of aliphatic hydroxyl groups is 1. The Balaban J connectivity index is 4.08. The van der Waals surface area contributed by atoms with Crippen molar-refractivity contribution in [2.45, 2.75) is 52.6 Å². The highest BCUT2D eigenvalue weighted by atomic mass is 16.3. The molecule has 0 fully saturated rings. The molecule has 1 N–H and O–H groups in total. The Labute approximate surface area is 88.2 Å². The van der Waals surface area contributed by atoms with E-state index in [-0.39, 0.29) is 5.41 Å². The monoisotopic (exact) mass is 194 g/mol. The zero-order valence-corrected chi connectivity index (χ0v) is 9.85. The van der Waals surface area contributed by atoms with E-state index in [4.69, 9.17) is 0 Å². The maximum Gasteiger partial charge on any atom is 0.119 e. The SMILES string of the molecule is C=CCCC(C)(C)CC#CC(C)(C)O. The quantitative estimate of drug-likeness (QED) is 0.538. The van der Waals surface area contributed by atoms with Crippen LogP contribution >= 0.6 is 0 Å². The molecular weight excluding hydrogens is 172 g/mol. The summed E-state index contributed by atoms with van der Waals surface area (Å²) in [6.45, 7) is 11.5. The van der Waals surface area contributed by atoms with Crippen molar-refractivity contribution >= 4 is 0 Å². The van der Waals surface area contributed by atoms with Crippen LogP contribution < -0.4 is 0 Å². The van der Waals surface area contributed by atoms with Gasteiger partial charge in [-0.1, -0.05) is 31.8 Å². The lowest BCUT2D eigenvalue weighted by molar-refractivity contribution is 0.143. The first-order chi connectivity index (χ1) is 6.27. The van der Waals surface area contributed by atoms with E-state index in [2.05, 4.69) is 32.3 Å². The lowest BCUT2D eigenvalue weighted by Crippen LogP contribution is -2.15. The maximum absolute atomic E-state index is 9.40. The fraction of sp³-hybridized carbons (Fsp3) is 0.692. The van der Waals surface area contributed by atoms with Crippen molar-refractivity contribution in [3.63, 3.8) is 0 Å². The van der Waals surface area contributed by atoms with Crippen molar-refractivity contribution in [2.75, 3.05) is 0 Å². The van der Waals surface area contributed by atoms with Crippen molar-refractivity contribution < 1.29 is 5.11 Å². The Bertz CT molecular complexity index is 232. The molecule has 0 aliphatic heterocycles. The van der Waals surface area contributed by atoms with Gasteiger partial charge in [-0.3, -0.25) is 0 Å². The van der Waals surface area contributed by atoms with Crippen LogP contribution in [0, 0.1) is 17.3 Å². The summed E-state index contributed by atoms with van der Waals surface area (Å²) in [4.78, 5) is 0. The van der Waals surface area contributed by atoms with Gasteiger partial charge in [0, 0.05) is 6.42 Å². The first kappa shape index (κ1) is 13.3. The van der Waals surface area contributed by atoms with Crippen LogP contribution in [0.15, 0.2) is 12.7 Å². The molecule has 0 heterocycles. The van der Waals surface area contributed by atoms with Gasteiger partial charge < -0.3 is 5.11 Å². The minimum absolute atomic E-state index is 0.215. The van der Waals surface area contributed by atoms with Crippen LogP contribution in [0.1, 0.15) is 47.0 Å². The second-order valence-electron chi connectivity index (χ2n) is 5.03. The van der Waals surface area contributed by atoms with Crippen molar-refractivity contribution in [3.8, 4) is 11.8 Å². The van der Waals surface area contributed by atoms with E-state index in [1.165, 1.54) is 0 Å². The number of rotatable bonds is 4. The third kappa shape index (κ3) is 7.89. The third-order valence-corrected chi connectivity index (χ3v) is 1.99. The molecule has 1 nitrogen and oxygen atoms in total. The largest absolute Gasteiger partial charge is 0.378 e. The van der Waals surface area contributed by atoms with Crippen LogP contribution in [0.4, 0.5) is 0 Å². The van der Waals surface area contributed by atoms with Crippen molar-refractivity contribution in [1.82, 2.24) is 0 Å². The van der Waals surface area contributed by atoms with Crippen molar-refractivity contribution in [2.24, 2.45) is 5.41 Å². The first-order valence-electron chi connectivity index (χ1n) is 5.10. The van der Waals surface area contributed by atoms with Crippen molar-refractivity contribution in [3.05, 3.63) is 12.7 Å². The Kier molecular flexibility index (Phi) is 4.94. The standard InChI is InChI=1S/C13H22O/c1-6-7-9-12(2,3)10-8-11-13(4,5)14/h6,14H,1,7,9-10H2,2-5H3. The highest BCUT2D eigenvalue weighted by Gasteiger charge is 2.15. The molecule has 0 unspecified atom stereocenters. The number of hydrogen-bond donors (Lipinski definition) is 1. The van der Waals surface area contributed by atoms with Gasteiger partial charge in [0.15, 0.2) is 0 Å². The molecule has 0 aromatic rings. The molecule has 80 valence electrons. The zero-order chi connectivity index (χ0) is 11.2. The van der Waals surface area contributed by atoms with E-state index < -0.39 is 5.60 Å². The van der Waals surface area contributed by atoms with Gasteiger partial charge in [0.25, 0.3) is 0 Å². The van der Waals surface area contributed by atoms with Gasteiger partial charge in [0.1, 0.15) is 5.60 Å². The Morgan fingerprint density at radius 3 is 2.29 bits per heavy atom. The summed E-state index contributed by atoms with van der Waals surface area (Å²) in [5.74, 6) is 5.87. The van der Waals surface area contributed by atoms with Gasteiger partial charge in [-0.2, -0.15) is 0 Å². The molecule has 0 atom stereocenters. The predicted molar refractivity (Wildman–Crippen MR) is 61.9 cm³/mol. The fourth-order valence-corrected chi connectivity index (χ4v) is 1.08. The summed E-state index contributed by atoms with van der Waals surface area (Å²) in [5, 5.41) is 9.40. The van der Waals surface area contributed by atoms with Gasteiger partial charge in [-0.15, -0.1) is 6.58 Å². The Hall–Kier alpha value is -0.740. The molecule has 0 amide bonds. The van der Waals surface area contributed by atoms with Gasteiger partial charge >= 0.3 is 0 Å². The smallest absolute Gasteiger partial charge is 0.119 e. The molecule has 1 heteroatoms. The summed E-state index contributed by atoms with van der Waals surface area (Å²) in [6, 6.07) is 0. The zero-order valence-electron chi connectivity index (χ0n) is 9.85. The molecule has 0 aromatic carbocycles. The second kappa shape index (κ2) is 5.22. The minimum atomic E-state index is -0.867. The molecule has 0 saturated heterocycles. The average Bonchev–Trinajstić information content (AvgIpc) is 1.98. The van der Waals surface area contributed by atoms with Crippen LogP contribution in [0.25, 0.3) is 0 Å². The minimum Gasteiger partial charge on any atom is -0.378 e. The molecule has 0 aliphatic rings. The first-order valence-corrected chi connectivity index (χ1v) is 5.10. The predicted octanol–water partition coefficient (Wildman–Crippen LogP) is 3.14. The molecule has 0 bridgehead atoms. The number of hydrogen-bond acceptors (Lipinski definition) is 1. The summed E-state index contributed by atoms with van der Waals surface area (Å²) in [5.41, 5.74) is -0.652. The summed E-state index contributed by atoms with van der Waals surface area (Å²) < 4.78 is 0. The van der Waals surface area contributed by atoms with Gasteiger partial charge in [0.05, 0.1) is 0 Å². The van der Waals surface area contributed by atoms with Crippen LogP contribution in [0.3, 0.4) is 0 Å². The lowest BCUT2D eigenvalue weighted by Gasteiger charge is -2.20. The molecular formula is C13H22O. The van der Waals surface area contributed by atoms with Crippen LogP contribution in [-0.2, 0) is 0 Å². The van der Waals surface area contributed by atoms with E-state index in [1.807, 2.05) is 6.08 Å². The topological polar surface area (TPSA) is 20.2 Å². The van der Waals surface area contributed by atoms with Crippen molar-refractivity contribution in [1.29, 1.82) is 0 Å². The van der Waals surface area contributed by atoms with E-state index >= 15 is 0 Å². The Morgan fingerprint density at radius 2 is 1.86 bits per heavy atom. The van der Waals surface area contributed by atoms with E-state index in [0.717, 1.165) is 19.3 Å². The van der Waals surface area contributed by atoms with Crippen LogP contribution in [-0.4, -0.2) is 10.7 Å². The Morgan fingerprint density at radius 1 is 1.29 bits per heavy atom. The number of allylic oxidation sites excluding steroid dienone is 1. The molecule has 0 radical (unpaired) electrons. The lowest BCUT2D eigenvalue weighted by atomic mass is 9.84. The molecule has 0 aromatic heterocycles. The summed E-state index contributed by atoms with van der Waals surface area (Å²) >= 11 is 0. The van der Waals surface area contributed by atoms with Crippen LogP contribution in [0.5, 0.6) is 0 Å². The van der Waals surface area contributed by atoms with E-state index in [0.29, 0.717) is 0 Å². The van der Waals surface area contributed by atoms with Gasteiger partial charge in [0.2, 0.25) is 0 Å². The molecule has 0 aliphatic carbocycles. The van der Waals surface area contributed by atoms with E-state index in [9.17, 15) is 5.11 Å². The third-order valence-electron chi connectivity index (χ3n) is 1.99. The average molecular weight is 194 g/mol.